The third-order valence-electron chi connectivity index (χ3n) is 3.35. The molecule has 1 heterocycles. The van der Waals surface area contributed by atoms with E-state index in [2.05, 4.69) is 10.3 Å². The number of aromatic nitrogens is 1. The Morgan fingerprint density at radius 3 is 2.68 bits per heavy atom. The molecular weight excluding hydrogens is 284 g/mol. The highest BCUT2D eigenvalue weighted by atomic mass is 16.4. The van der Waals surface area contributed by atoms with Gasteiger partial charge in [-0.3, -0.25) is 9.59 Å². The Bertz CT molecular complexity index is 643. The highest BCUT2D eigenvalue weighted by molar-refractivity contribution is 5.77. The van der Waals surface area contributed by atoms with E-state index in [1.165, 1.54) is 0 Å². The van der Waals surface area contributed by atoms with Crippen molar-refractivity contribution in [3.63, 3.8) is 0 Å². The van der Waals surface area contributed by atoms with Crippen LogP contribution >= 0.6 is 0 Å². The number of nitrogens with one attached hydrogen (secondary N) is 1. The first-order valence-electron chi connectivity index (χ1n) is 7.23. The lowest BCUT2D eigenvalue weighted by Gasteiger charge is -2.25. The molecule has 6 heteroatoms. The number of carboxylic acids is 1. The normalized spacial score (nSPS) is 11.5. The maximum atomic E-state index is 12.0. The predicted octanol–water partition coefficient (Wildman–Crippen LogP) is 2.52. The summed E-state index contributed by atoms with van der Waals surface area (Å²) in [6.07, 6.45) is 1.08. The van der Waals surface area contributed by atoms with Gasteiger partial charge in [0.1, 0.15) is 5.52 Å². The molecule has 1 aromatic carbocycles. The van der Waals surface area contributed by atoms with Crippen molar-refractivity contribution >= 4 is 23.0 Å². The highest BCUT2D eigenvalue weighted by Gasteiger charge is 2.21. The molecule has 2 N–H and O–H groups in total. The number of oxazole rings is 1. The summed E-state index contributed by atoms with van der Waals surface area (Å²) in [5.41, 5.74) is 0.941. The summed E-state index contributed by atoms with van der Waals surface area (Å²) >= 11 is 0. The quantitative estimate of drug-likeness (QED) is 0.820. The van der Waals surface area contributed by atoms with Gasteiger partial charge < -0.3 is 14.8 Å². The molecule has 0 saturated heterocycles. The Kier molecular flexibility index (Phi) is 4.80. The first kappa shape index (κ1) is 16.0. The Labute approximate surface area is 128 Å². The van der Waals surface area contributed by atoms with E-state index in [0.717, 1.165) is 5.52 Å². The molecule has 1 aromatic heterocycles. The first-order valence-corrected chi connectivity index (χ1v) is 7.23. The van der Waals surface area contributed by atoms with Gasteiger partial charge in [-0.05, 0) is 32.4 Å². The zero-order chi connectivity index (χ0) is 16.2. The second-order valence-corrected chi connectivity index (χ2v) is 5.90. The number of rotatable bonds is 7. The van der Waals surface area contributed by atoms with Gasteiger partial charge in [-0.25, -0.2) is 4.98 Å². The molecule has 0 atom stereocenters. The van der Waals surface area contributed by atoms with Crippen molar-refractivity contribution in [2.24, 2.45) is 0 Å². The van der Waals surface area contributed by atoms with E-state index in [0.29, 0.717) is 24.3 Å². The van der Waals surface area contributed by atoms with E-state index in [1.807, 2.05) is 38.1 Å². The summed E-state index contributed by atoms with van der Waals surface area (Å²) < 4.78 is 5.56. The predicted molar refractivity (Wildman–Crippen MR) is 81.4 cm³/mol. The second kappa shape index (κ2) is 6.60. The molecule has 0 aliphatic heterocycles. The number of fused-ring (bicyclic) bond motifs is 1. The van der Waals surface area contributed by atoms with Gasteiger partial charge in [0.2, 0.25) is 5.91 Å². The summed E-state index contributed by atoms with van der Waals surface area (Å²) in [5.74, 6) is -0.480. The van der Waals surface area contributed by atoms with Gasteiger partial charge >= 0.3 is 5.97 Å². The molecule has 1 amide bonds. The molecule has 2 rings (SSSR count). The molecule has 118 valence electrons. The number of hydrogen-bond donors (Lipinski definition) is 2. The number of benzene rings is 1. The fourth-order valence-corrected chi connectivity index (χ4v) is 2.17. The van der Waals surface area contributed by atoms with Crippen molar-refractivity contribution < 1.29 is 19.1 Å². The van der Waals surface area contributed by atoms with E-state index in [-0.39, 0.29) is 18.7 Å². The topological polar surface area (TPSA) is 92.4 Å². The Hall–Kier alpha value is -2.37. The zero-order valence-corrected chi connectivity index (χ0v) is 12.8. The van der Waals surface area contributed by atoms with Crippen molar-refractivity contribution in [2.45, 2.75) is 45.1 Å². The molecule has 0 saturated carbocycles. The van der Waals surface area contributed by atoms with Crippen LogP contribution in [0.1, 0.15) is 39.0 Å². The van der Waals surface area contributed by atoms with Crippen LogP contribution in [0.15, 0.2) is 28.7 Å². The van der Waals surface area contributed by atoms with Crippen molar-refractivity contribution in [1.29, 1.82) is 0 Å². The minimum atomic E-state index is -0.867. The zero-order valence-electron chi connectivity index (χ0n) is 12.8. The maximum absolute atomic E-state index is 12.0. The van der Waals surface area contributed by atoms with Crippen molar-refractivity contribution in [3.05, 3.63) is 30.2 Å². The van der Waals surface area contributed by atoms with E-state index in [9.17, 15) is 9.59 Å². The lowest BCUT2D eigenvalue weighted by Crippen LogP contribution is -2.43. The van der Waals surface area contributed by atoms with Crippen molar-refractivity contribution in [1.82, 2.24) is 10.3 Å². The van der Waals surface area contributed by atoms with Crippen LogP contribution in [0, 0.1) is 0 Å². The molecule has 0 spiro atoms. The summed E-state index contributed by atoms with van der Waals surface area (Å²) in [7, 11) is 0. The maximum Gasteiger partial charge on any atom is 0.303 e. The minimum Gasteiger partial charge on any atom is -0.481 e. The average molecular weight is 304 g/mol. The van der Waals surface area contributed by atoms with Crippen molar-refractivity contribution in [2.75, 3.05) is 0 Å². The fraction of sp³-hybridized carbons (Fsp3) is 0.438. The number of nitrogens with zero attached hydrogens (tertiary/aromatic N) is 1. The smallest absolute Gasteiger partial charge is 0.303 e. The van der Waals surface area contributed by atoms with Gasteiger partial charge in [0.15, 0.2) is 11.5 Å². The number of aliphatic carboxylic acids is 1. The molecule has 0 aliphatic carbocycles. The Balaban J connectivity index is 1.85. The third-order valence-corrected chi connectivity index (χ3v) is 3.35. The molecule has 22 heavy (non-hydrogen) atoms. The van der Waals surface area contributed by atoms with Crippen LogP contribution in [0.2, 0.25) is 0 Å². The molecule has 0 radical (unpaired) electrons. The number of para-hydroxylation sites is 2. The van der Waals surface area contributed by atoms with Crippen LogP contribution in [0.3, 0.4) is 0 Å². The van der Waals surface area contributed by atoms with Gasteiger partial charge in [-0.2, -0.15) is 0 Å². The van der Waals surface area contributed by atoms with Gasteiger partial charge in [0, 0.05) is 24.8 Å². The lowest BCUT2D eigenvalue weighted by molar-refractivity contribution is -0.137. The lowest BCUT2D eigenvalue weighted by atomic mass is 9.98. The van der Waals surface area contributed by atoms with Gasteiger partial charge in [-0.15, -0.1) is 0 Å². The molecular formula is C16H20N2O4. The number of carbonyl (C=O) groups is 2. The molecule has 0 fully saturated rings. The van der Waals surface area contributed by atoms with Crippen molar-refractivity contribution in [3.8, 4) is 0 Å². The number of carboxylic acid groups (broad SMARTS) is 1. The SMILES string of the molecule is CC(C)(CCC(=O)O)NC(=O)CCc1nc2ccccc2o1. The summed E-state index contributed by atoms with van der Waals surface area (Å²) in [6, 6.07) is 7.44. The van der Waals surface area contributed by atoms with Gasteiger partial charge in [0.05, 0.1) is 0 Å². The summed E-state index contributed by atoms with van der Waals surface area (Å²) in [6.45, 7) is 3.63. The minimum absolute atomic E-state index is 0.0262. The Morgan fingerprint density at radius 2 is 2.00 bits per heavy atom. The number of hydrogen-bond acceptors (Lipinski definition) is 4. The van der Waals surface area contributed by atoms with Crippen LogP contribution < -0.4 is 5.32 Å². The highest BCUT2D eigenvalue weighted by Crippen LogP contribution is 2.16. The molecule has 2 aromatic rings. The Morgan fingerprint density at radius 1 is 1.27 bits per heavy atom. The van der Waals surface area contributed by atoms with Crippen LogP contribution in [0.4, 0.5) is 0 Å². The number of carbonyl (C=O) groups excluding carboxylic acids is 1. The van der Waals surface area contributed by atoms with Gasteiger partial charge in [0.25, 0.3) is 0 Å². The molecule has 0 bridgehead atoms. The number of amides is 1. The van der Waals surface area contributed by atoms with E-state index in [4.69, 9.17) is 9.52 Å². The average Bonchev–Trinajstić information content (AvgIpc) is 2.85. The largest absolute Gasteiger partial charge is 0.481 e. The molecule has 0 aliphatic rings. The summed E-state index contributed by atoms with van der Waals surface area (Å²) in [4.78, 5) is 26.9. The first-order chi connectivity index (χ1) is 10.4. The van der Waals surface area contributed by atoms with Crippen LogP contribution in [0.25, 0.3) is 11.1 Å². The third kappa shape index (κ3) is 4.58. The van der Waals surface area contributed by atoms with E-state index < -0.39 is 11.5 Å². The second-order valence-electron chi connectivity index (χ2n) is 5.90. The molecule has 6 nitrogen and oxygen atoms in total. The molecule has 0 unspecified atom stereocenters. The van der Waals surface area contributed by atoms with Crippen LogP contribution in [-0.4, -0.2) is 27.5 Å². The van der Waals surface area contributed by atoms with Crippen LogP contribution in [-0.2, 0) is 16.0 Å². The monoisotopic (exact) mass is 304 g/mol. The number of aryl methyl sites for hydroxylation is 1. The standard InChI is InChI=1S/C16H20N2O4/c1-16(2,10-9-15(20)21)18-13(19)7-8-14-17-11-5-3-4-6-12(11)22-14/h3-6H,7-10H2,1-2H3,(H,18,19)(H,20,21). The summed E-state index contributed by atoms with van der Waals surface area (Å²) in [5, 5.41) is 11.5. The fourth-order valence-electron chi connectivity index (χ4n) is 2.17. The van der Waals surface area contributed by atoms with Gasteiger partial charge in [-0.1, -0.05) is 12.1 Å². The van der Waals surface area contributed by atoms with Crippen LogP contribution in [0.5, 0.6) is 0 Å². The van der Waals surface area contributed by atoms with E-state index in [1.54, 1.807) is 0 Å². The van der Waals surface area contributed by atoms with E-state index >= 15 is 0 Å².